The molecular formula is C24H22N2O4S. The normalized spacial score (nSPS) is 12.5. The first kappa shape index (κ1) is 20.8. The Morgan fingerprint density at radius 2 is 1.68 bits per heavy atom. The van der Waals surface area contributed by atoms with Crippen molar-refractivity contribution >= 4 is 9.84 Å². The van der Waals surface area contributed by atoms with Crippen molar-refractivity contribution < 1.29 is 17.6 Å². The van der Waals surface area contributed by atoms with Crippen LogP contribution in [0, 0.1) is 6.92 Å². The van der Waals surface area contributed by atoms with Crippen LogP contribution in [0.2, 0.25) is 0 Å². The van der Waals surface area contributed by atoms with Crippen LogP contribution in [0.15, 0.2) is 93.2 Å². The molecule has 0 aliphatic rings. The molecule has 0 radical (unpaired) electrons. The largest absolute Gasteiger partial charge is 0.497 e. The van der Waals surface area contributed by atoms with Crippen LogP contribution in [-0.2, 0) is 9.84 Å². The van der Waals surface area contributed by atoms with Crippen LogP contribution in [-0.4, -0.2) is 20.5 Å². The van der Waals surface area contributed by atoms with Gasteiger partial charge in [-0.3, -0.25) is 0 Å². The Balaban J connectivity index is 1.92. The second kappa shape index (κ2) is 8.37. The van der Waals surface area contributed by atoms with Crippen molar-refractivity contribution in [2.24, 2.45) is 5.73 Å². The highest BCUT2D eigenvalue weighted by Gasteiger charge is 2.32. The molecule has 0 amide bonds. The molecule has 1 atom stereocenters. The lowest BCUT2D eigenvalue weighted by Gasteiger charge is -2.12. The van der Waals surface area contributed by atoms with Crippen LogP contribution in [0.4, 0.5) is 0 Å². The van der Waals surface area contributed by atoms with Gasteiger partial charge in [-0.2, -0.15) is 4.98 Å². The van der Waals surface area contributed by atoms with Crippen molar-refractivity contribution in [1.82, 2.24) is 4.98 Å². The Bertz CT molecular complexity index is 1310. The molecule has 0 spiro atoms. The van der Waals surface area contributed by atoms with Crippen molar-refractivity contribution in [3.8, 4) is 17.2 Å². The van der Waals surface area contributed by atoms with Gasteiger partial charge in [0.15, 0.2) is 5.76 Å². The van der Waals surface area contributed by atoms with E-state index >= 15 is 0 Å². The Morgan fingerprint density at radius 3 is 2.39 bits per heavy atom. The lowest BCUT2D eigenvalue weighted by molar-refractivity contribution is 0.413. The molecule has 158 valence electrons. The lowest BCUT2D eigenvalue weighted by Crippen LogP contribution is -2.15. The van der Waals surface area contributed by atoms with E-state index < -0.39 is 15.9 Å². The number of methoxy groups -OCH3 is 1. The number of aromatic nitrogens is 1. The second-order valence-corrected chi connectivity index (χ2v) is 8.94. The van der Waals surface area contributed by atoms with Gasteiger partial charge in [0.25, 0.3) is 0 Å². The van der Waals surface area contributed by atoms with Crippen LogP contribution in [0.5, 0.6) is 5.75 Å². The molecular weight excluding hydrogens is 412 g/mol. The molecule has 0 saturated heterocycles. The lowest BCUT2D eigenvalue weighted by atomic mass is 10.1. The molecule has 4 rings (SSSR count). The van der Waals surface area contributed by atoms with E-state index in [1.54, 1.807) is 49.6 Å². The molecule has 6 nitrogen and oxygen atoms in total. The Kier molecular flexibility index (Phi) is 5.63. The number of sulfone groups is 1. The monoisotopic (exact) mass is 434 g/mol. The van der Waals surface area contributed by atoms with Crippen LogP contribution >= 0.6 is 0 Å². The standard InChI is InChI=1S/C24H22N2O4S/c1-16-9-6-7-14-20(16)23-26-24(31(27,28)19-12-4-3-5-13-19)22(30-23)21(25)17-10-8-11-18(15-17)29-2/h3-15,21H,25H2,1-2H3. The van der Waals surface area contributed by atoms with Gasteiger partial charge in [-0.05, 0) is 48.4 Å². The summed E-state index contributed by atoms with van der Waals surface area (Å²) in [5, 5.41) is -0.188. The van der Waals surface area contributed by atoms with Gasteiger partial charge in [-0.25, -0.2) is 8.42 Å². The average Bonchev–Trinajstić information content (AvgIpc) is 3.25. The minimum Gasteiger partial charge on any atom is -0.497 e. The van der Waals surface area contributed by atoms with E-state index in [0.29, 0.717) is 16.9 Å². The summed E-state index contributed by atoms with van der Waals surface area (Å²) in [6, 6.07) is 21.9. The molecule has 0 fully saturated rings. The maximum Gasteiger partial charge on any atom is 0.227 e. The van der Waals surface area contributed by atoms with Gasteiger partial charge < -0.3 is 14.9 Å². The third-order valence-electron chi connectivity index (χ3n) is 5.04. The predicted molar refractivity (Wildman–Crippen MR) is 118 cm³/mol. The zero-order valence-corrected chi connectivity index (χ0v) is 18.0. The van der Waals surface area contributed by atoms with Crippen LogP contribution < -0.4 is 10.5 Å². The molecule has 31 heavy (non-hydrogen) atoms. The number of rotatable bonds is 6. The number of ether oxygens (including phenoxy) is 1. The predicted octanol–water partition coefficient (Wildman–Crippen LogP) is 4.54. The van der Waals surface area contributed by atoms with Crippen molar-refractivity contribution in [1.29, 1.82) is 0 Å². The summed E-state index contributed by atoms with van der Waals surface area (Å²) >= 11 is 0. The van der Waals surface area contributed by atoms with E-state index in [1.165, 1.54) is 12.1 Å². The fraction of sp³-hybridized carbons (Fsp3) is 0.125. The highest BCUT2D eigenvalue weighted by Crippen LogP contribution is 2.35. The van der Waals surface area contributed by atoms with Crippen molar-refractivity contribution in [3.63, 3.8) is 0 Å². The topological polar surface area (TPSA) is 95.4 Å². The summed E-state index contributed by atoms with van der Waals surface area (Å²) in [5.74, 6) is 0.898. The van der Waals surface area contributed by atoms with Crippen molar-refractivity contribution in [2.45, 2.75) is 22.9 Å². The highest BCUT2D eigenvalue weighted by atomic mass is 32.2. The SMILES string of the molecule is COc1cccc(C(N)c2oc(-c3ccccc3C)nc2S(=O)(=O)c2ccccc2)c1. The first-order chi connectivity index (χ1) is 14.9. The van der Waals surface area contributed by atoms with Crippen molar-refractivity contribution in [2.75, 3.05) is 7.11 Å². The minimum atomic E-state index is -3.95. The fourth-order valence-electron chi connectivity index (χ4n) is 3.33. The molecule has 1 aromatic heterocycles. The molecule has 0 aliphatic heterocycles. The van der Waals surface area contributed by atoms with Crippen LogP contribution in [0.25, 0.3) is 11.5 Å². The van der Waals surface area contributed by atoms with Gasteiger partial charge in [0.1, 0.15) is 5.75 Å². The number of nitrogens with zero attached hydrogens (tertiary/aromatic N) is 1. The smallest absolute Gasteiger partial charge is 0.227 e. The van der Waals surface area contributed by atoms with Gasteiger partial charge in [0, 0.05) is 5.56 Å². The van der Waals surface area contributed by atoms with E-state index in [9.17, 15) is 8.42 Å². The molecule has 0 bridgehead atoms. The number of hydrogen-bond acceptors (Lipinski definition) is 6. The van der Waals surface area contributed by atoms with E-state index in [0.717, 1.165) is 5.56 Å². The number of benzene rings is 3. The molecule has 2 N–H and O–H groups in total. The van der Waals surface area contributed by atoms with Crippen molar-refractivity contribution in [3.05, 3.63) is 95.7 Å². The highest BCUT2D eigenvalue weighted by molar-refractivity contribution is 7.91. The molecule has 7 heteroatoms. The van der Waals surface area contributed by atoms with Gasteiger partial charge >= 0.3 is 0 Å². The van der Waals surface area contributed by atoms with Crippen LogP contribution in [0.3, 0.4) is 0 Å². The van der Waals surface area contributed by atoms with E-state index in [-0.39, 0.29) is 21.6 Å². The number of oxazole rings is 1. The molecule has 1 unspecified atom stereocenters. The third-order valence-corrected chi connectivity index (χ3v) is 6.73. The summed E-state index contributed by atoms with van der Waals surface area (Å²) in [6.07, 6.45) is 0. The summed E-state index contributed by atoms with van der Waals surface area (Å²) in [7, 11) is -2.40. The number of hydrogen-bond donors (Lipinski definition) is 1. The maximum absolute atomic E-state index is 13.4. The first-order valence-corrected chi connectivity index (χ1v) is 11.2. The second-order valence-electron chi connectivity index (χ2n) is 7.07. The van der Waals surface area contributed by atoms with Crippen LogP contribution in [0.1, 0.15) is 22.9 Å². The van der Waals surface area contributed by atoms with E-state index in [1.807, 2.05) is 31.2 Å². The zero-order valence-electron chi connectivity index (χ0n) is 17.1. The summed E-state index contributed by atoms with van der Waals surface area (Å²) < 4.78 is 38.2. The van der Waals surface area contributed by atoms with E-state index in [2.05, 4.69) is 4.98 Å². The van der Waals surface area contributed by atoms with Gasteiger partial charge in [0.2, 0.25) is 20.8 Å². The quantitative estimate of drug-likeness (QED) is 0.479. The average molecular weight is 435 g/mol. The summed E-state index contributed by atoms with van der Waals surface area (Å²) in [4.78, 5) is 4.54. The molecule has 3 aromatic carbocycles. The minimum absolute atomic E-state index is 0.0790. The third kappa shape index (κ3) is 3.97. The Morgan fingerprint density at radius 1 is 0.968 bits per heavy atom. The Labute approximate surface area is 181 Å². The van der Waals surface area contributed by atoms with Gasteiger partial charge in [-0.1, -0.05) is 48.5 Å². The molecule has 1 heterocycles. The summed E-state index contributed by atoms with van der Waals surface area (Å²) in [5.41, 5.74) is 8.76. The number of aryl methyl sites for hydroxylation is 1. The zero-order chi connectivity index (χ0) is 22.0. The first-order valence-electron chi connectivity index (χ1n) is 9.68. The number of nitrogens with two attached hydrogens (primary N) is 1. The molecule has 4 aromatic rings. The van der Waals surface area contributed by atoms with E-state index in [4.69, 9.17) is 14.9 Å². The Hall–Kier alpha value is -3.42. The molecule has 0 saturated carbocycles. The van der Waals surface area contributed by atoms with Gasteiger partial charge in [0.05, 0.1) is 18.0 Å². The molecule has 0 aliphatic carbocycles. The maximum atomic E-state index is 13.4. The van der Waals surface area contributed by atoms with Gasteiger partial charge in [-0.15, -0.1) is 0 Å². The fourth-order valence-corrected chi connectivity index (χ4v) is 4.71. The summed E-state index contributed by atoms with van der Waals surface area (Å²) in [6.45, 7) is 1.91.